The van der Waals surface area contributed by atoms with Crippen molar-refractivity contribution in [1.29, 1.82) is 0 Å². The fraction of sp³-hybridized carbons (Fsp3) is 0.273. The number of anilines is 1. The molecule has 152 valence electrons. The van der Waals surface area contributed by atoms with Crippen LogP contribution in [0.3, 0.4) is 0 Å². The van der Waals surface area contributed by atoms with Crippen molar-refractivity contribution in [2.75, 3.05) is 25.1 Å². The van der Waals surface area contributed by atoms with Gasteiger partial charge in [0.1, 0.15) is 5.75 Å². The van der Waals surface area contributed by atoms with Crippen molar-refractivity contribution in [3.63, 3.8) is 0 Å². The smallest absolute Gasteiger partial charge is 0.250 e. The number of aromatic nitrogens is 1. The highest BCUT2D eigenvalue weighted by atomic mass is 32.1. The van der Waals surface area contributed by atoms with Crippen molar-refractivity contribution in [1.82, 2.24) is 4.98 Å². The molecule has 3 aromatic rings. The summed E-state index contributed by atoms with van der Waals surface area (Å²) < 4.78 is 17.6. The predicted molar refractivity (Wildman–Crippen MR) is 117 cm³/mol. The van der Waals surface area contributed by atoms with Crippen LogP contribution in [0.2, 0.25) is 0 Å². The Kier molecular flexibility index (Phi) is 7.08. The highest BCUT2D eigenvalue weighted by Crippen LogP contribution is 2.30. The summed E-state index contributed by atoms with van der Waals surface area (Å²) in [7, 11) is 0. The summed E-state index contributed by atoms with van der Waals surface area (Å²) in [6.45, 7) is 7.49. The van der Waals surface area contributed by atoms with Gasteiger partial charge in [0.05, 0.1) is 30.0 Å². The van der Waals surface area contributed by atoms with Crippen LogP contribution in [0.25, 0.3) is 16.3 Å². The fourth-order valence-electron chi connectivity index (χ4n) is 2.71. The highest BCUT2D eigenvalue weighted by Gasteiger charge is 2.08. The summed E-state index contributed by atoms with van der Waals surface area (Å²) in [5.74, 6) is 1.90. The lowest BCUT2D eigenvalue weighted by atomic mass is 10.2. The van der Waals surface area contributed by atoms with Gasteiger partial charge in [0.25, 0.3) is 0 Å². The zero-order valence-electron chi connectivity index (χ0n) is 16.7. The molecule has 3 rings (SSSR count). The van der Waals surface area contributed by atoms with E-state index in [9.17, 15) is 4.79 Å². The van der Waals surface area contributed by atoms with Crippen LogP contribution in [0.4, 0.5) is 5.13 Å². The first-order chi connectivity index (χ1) is 14.1. The summed E-state index contributed by atoms with van der Waals surface area (Å²) >= 11 is 1.41. The molecule has 0 aliphatic carbocycles. The lowest BCUT2D eigenvalue weighted by Crippen LogP contribution is -2.07. The van der Waals surface area contributed by atoms with E-state index in [1.807, 2.05) is 57.2 Å². The largest absolute Gasteiger partial charge is 0.494 e. The van der Waals surface area contributed by atoms with Gasteiger partial charge < -0.3 is 14.2 Å². The van der Waals surface area contributed by atoms with Gasteiger partial charge in [0.2, 0.25) is 5.91 Å². The molecule has 1 aromatic heterocycles. The number of ether oxygens (including phenoxy) is 3. The second-order valence-corrected chi connectivity index (χ2v) is 7.01. The minimum Gasteiger partial charge on any atom is -0.494 e. The van der Waals surface area contributed by atoms with Crippen LogP contribution in [-0.2, 0) is 4.79 Å². The van der Waals surface area contributed by atoms with Crippen LogP contribution in [0.5, 0.6) is 17.2 Å². The molecule has 7 heteroatoms. The average molecular weight is 413 g/mol. The van der Waals surface area contributed by atoms with Crippen molar-refractivity contribution >= 4 is 38.7 Å². The van der Waals surface area contributed by atoms with Gasteiger partial charge >= 0.3 is 0 Å². The third-order valence-electron chi connectivity index (χ3n) is 3.90. The quantitative estimate of drug-likeness (QED) is 0.493. The molecule has 2 aromatic carbocycles. The second-order valence-electron chi connectivity index (χ2n) is 5.98. The predicted octanol–water partition coefficient (Wildman–Crippen LogP) is 5.14. The number of thiazole rings is 1. The van der Waals surface area contributed by atoms with E-state index in [4.69, 9.17) is 14.2 Å². The number of carbonyl (C=O) groups is 1. The molecule has 0 saturated heterocycles. The van der Waals surface area contributed by atoms with Crippen molar-refractivity contribution in [3.05, 3.63) is 48.0 Å². The summed E-state index contributed by atoms with van der Waals surface area (Å²) in [6, 6.07) is 11.3. The van der Waals surface area contributed by atoms with Gasteiger partial charge in [-0.25, -0.2) is 4.98 Å². The number of rotatable bonds is 9. The topological polar surface area (TPSA) is 69.7 Å². The van der Waals surface area contributed by atoms with Gasteiger partial charge in [-0.15, -0.1) is 0 Å². The molecule has 0 fully saturated rings. The summed E-state index contributed by atoms with van der Waals surface area (Å²) in [6.07, 6.45) is 3.21. The van der Waals surface area contributed by atoms with E-state index in [-0.39, 0.29) is 5.91 Å². The molecule has 0 unspecified atom stereocenters. The van der Waals surface area contributed by atoms with Crippen LogP contribution in [-0.4, -0.2) is 30.7 Å². The molecule has 0 atom stereocenters. The van der Waals surface area contributed by atoms with Crippen LogP contribution in [0, 0.1) is 0 Å². The van der Waals surface area contributed by atoms with Crippen LogP contribution in [0.15, 0.2) is 42.5 Å². The minimum atomic E-state index is -0.249. The highest BCUT2D eigenvalue weighted by molar-refractivity contribution is 7.22. The number of amides is 1. The van der Waals surface area contributed by atoms with Gasteiger partial charge in [0.15, 0.2) is 16.6 Å². The van der Waals surface area contributed by atoms with Crippen LogP contribution in [0.1, 0.15) is 26.3 Å². The van der Waals surface area contributed by atoms with E-state index < -0.39 is 0 Å². The lowest BCUT2D eigenvalue weighted by Gasteiger charge is -2.11. The van der Waals surface area contributed by atoms with E-state index in [1.54, 1.807) is 6.08 Å². The first-order valence-corrected chi connectivity index (χ1v) is 10.4. The fourth-order valence-corrected chi connectivity index (χ4v) is 3.60. The third-order valence-corrected chi connectivity index (χ3v) is 4.83. The third kappa shape index (κ3) is 5.48. The molecule has 0 aliphatic heterocycles. The van der Waals surface area contributed by atoms with Crippen molar-refractivity contribution in [2.24, 2.45) is 0 Å². The number of hydrogen-bond donors (Lipinski definition) is 1. The van der Waals surface area contributed by atoms with Gasteiger partial charge in [-0.05, 0) is 62.7 Å². The molecule has 0 aliphatic rings. The Morgan fingerprint density at radius 2 is 1.76 bits per heavy atom. The molecule has 1 amide bonds. The Hall–Kier alpha value is -3.06. The monoisotopic (exact) mass is 412 g/mol. The SMILES string of the molecule is CCOc1ccc2nc(NC(=O)/C=C/c3ccc(OCC)c(OCC)c3)sc2c1. The first-order valence-electron chi connectivity index (χ1n) is 9.55. The Morgan fingerprint density at radius 3 is 2.52 bits per heavy atom. The maximum atomic E-state index is 12.3. The first kappa shape index (κ1) is 20.7. The molecular weight excluding hydrogens is 388 g/mol. The van der Waals surface area contributed by atoms with Gasteiger partial charge in [0, 0.05) is 6.08 Å². The Labute approximate surface area is 174 Å². The summed E-state index contributed by atoms with van der Waals surface area (Å²) in [5.41, 5.74) is 1.67. The number of carbonyl (C=O) groups excluding carboxylic acids is 1. The van der Waals surface area contributed by atoms with Gasteiger partial charge in [-0.2, -0.15) is 0 Å². The van der Waals surface area contributed by atoms with E-state index in [2.05, 4.69) is 10.3 Å². The average Bonchev–Trinajstić information content (AvgIpc) is 3.10. The summed E-state index contributed by atoms with van der Waals surface area (Å²) in [4.78, 5) is 16.7. The van der Waals surface area contributed by atoms with E-state index in [0.717, 1.165) is 21.5 Å². The maximum Gasteiger partial charge on any atom is 0.250 e. The van der Waals surface area contributed by atoms with Gasteiger partial charge in [-0.3, -0.25) is 10.1 Å². The second kappa shape index (κ2) is 9.93. The number of benzene rings is 2. The molecule has 1 N–H and O–H groups in total. The van der Waals surface area contributed by atoms with Gasteiger partial charge in [-0.1, -0.05) is 17.4 Å². The van der Waals surface area contributed by atoms with Crippen molar-refractivity contribution < 1.29 is 19.0 Å². The maximum absolute atomic E-state index is 12.3. The van der Waals surface area contributed by atoms with E-state index in [1.165, 1.54) is 17.4 Å². The number of hydrogen-bond acceptors (Lipinski definition) is 6. The van der Waals surface area contributed by atoms with Crippen molar-refractivity contribution in [2.45, 2.75) is 20.8 Å². The number of fused-ring (bicyclic) bond motifs is 1. The zero-order chi connectivity index (χ0) is 20.6. The lowest BCUT2D eigenvalue weighted by molar-refractivity contribution is -0.111. The molecule has 0 radical (unpaired) electrons. The number of nitrogens with one attached hydrogen (secondary N) is 1. The molecular formula is C22H24N2O4S. The van der Waals surface area contributed by atoms with Crippen LogP contribution < -0.4 is 19.5 Å². The Morgan fingerprint density at radius 1 is 1.00 bits per heavy atom. The normalized spacial score (nSPS) is 11.0. The molecule has 0 spiro atoms. The minimum absolute atomic E-state index is 0.249. The Balaban J connectivity index is 1.69. The zero-order valence-corrected chi connectivity index (χ0v) is 17.5. The molecule has 0 bridgehead atoms. The molecule has 29 heavy (non-hydrogen) atoms. The van der Waals surface area contributed by atoms with E-state index >= 15 is 0 Å². The standard InChI is InChI=1S/C22H24N2O4S/c1-4-26-16-9-10-17-20(14-16)29-22(23-17)24-21(25)12-8-15-7-11-18(27-5-2)19(13-15)28-6-3/h7-14H,4-6H2,1-3H3,(H,23,24,25)/b12-8+. The molecule has 6 nitrogen and oxygen atoms in total. The van der Waals surface area contributed by atoms with Crippen LogP contribution >= 0.6 is 11.3 Å². The van der Waals surface area contributed by atoms with Crippen molar-refractivity contribution in [3.8, 4) is 17.2 Å². The summed E-state index contributed by atoms with van der Waals surface area (Å²) in [5, 5.41) is 3.36. The Bertz CT molecular complexity index is 1010. The van der Waals surface area contributed by atoms with E-state index in [0.29, 0.717) is 36.5 Å². The molecule has 0 saturated carbocycles. The number of nitrogens with zero attached hydrogens (tertiary/aromatic N) is 1. The molecule has 1 heterocycles.